The fourth-order valence-corrected chi connectivity index (χ4v) is 4.35. The quantitative estimate of drug-likeness (QED) is 0.337. The van der Waals surface area contributed by atoms with Gasteiger partial charge in [0.1, 0.15) is 11.8 Å². The van der Waals surface area contributed by atoms with Crippen molar-refractivity contribution in [3.05, 3.63) is 84.2 Å². The summed E-state index contributed by atoms with van der Waals surface area (Å²) in [5.74, 6) is -0.446. The first-order valence-corrected chi connectivity index (χ1v) is 12.1. The number of hydrogen-bond donors (Lipinski definition) is 1. The third-order valence-electron chi connectivity index (χ3n) is 5.78. The van der Waals surface area contributed by atoms with Crippen LogP contribution in [0.1, 0.15) is 29.3 Å². The Kier molecular flexibility index (Phi) is 8.09. The zero-order chi connectivity index (χ0) is 26.4. The van der Waals surface area contributed by atoms with Gasteiger partial charge in [-0.05, 0) is 79.3 Å². The summed E-state index contributed by atoms with van der Waals surface area (Å²) in [7, 11) is 1.56. The molecule has 37 heavy (non-hydrogen) atoms. The van der Waals surface area contributed by atoms with Gasteiger partial charge in [-0.1, -0.05) is 6.07 Å². The van der Waals surface area contributed by atoms with Crippen LogP contribution in [0, 0.1) is 0 Å². The highest BCUT2D eigenvalue weighted by Gasteiger charge is 2.44. The number of carbonyl (C=O) groups excluding carboxylic acids is 3. The maximum Gasteiger partial charge on any atom is 0.338 e. The molecule has 0 bridgehead atoms. The predicted octanol–water partition coefficient (Wildman–Crippen LogP) is 3.80. The minimum atomic E-state index is -0.811. The zero-order valence-electron chi connectivity index (χ0n) is 20.4. The number of hydrogen-bond acceptors (Lipinski definition) is 7. The number of nitrogens with zero attached hydrogens (tertiary/aromatic N) is 3. The molecule has 0 spiro atoms. The van der Waals surface area contributed by atoms with Crippen molar-refractivity contribution in [2.75, 3.05) is 23.9 Å². The van der Waals surface area contributed by atoms with E-state index in [1.807, 2.05) is 6.07 Å². The standard InChI is InChI=1S/C27H26N4O5S/c1-3-36-26(34)19-6-8-20(9-7-19)29-24(32)15-23-25(33)31(21-10-12-22(35-2)13-11-21)27(37)30(23)17-18-5-4-14-28-16-18/h4-14,16,23H,3,15,17H2,1-2H3,(H,29,32). The lowest BCUT2D eigenvalue weighted by Gasteiger charge is -2.24. The number of carbonyl (C=O) groups is 3. The van der Waals surface area contributed by atoms with Gasteiger partial charge in [-0.2, -0.15) is 0 Å². The van der Waals surface area contributed by atoms with Gasteiger partial charge >= 0.3 is 5.97 Å². The fourth-order valence-electron chi connectivity index (χ4n) is 3.96. The summed E-state index contributed by atoms with van der Waals surface area (Å²) in [5, 5.41) is 3.10. The first-order chi connectivity index (χ1) is 17.9. The Hall–Kier alpha value is -4.31. The molecule has 3 aromatic rings. The molecule has 1 aliphatic heterocycles. The number of esters is 1. The molecule has 0 radical (unpaired) electrons. The van der Waals surface area contributed by atoms with Gasteiger partial charge in [0.25, 0.3) is 5.91 Å². The Balaban J connectivity index is 1.53. The second-order valence-electron chi connectivity index (χ2n) is 8.21. The summed E-state index contributed by atoms with van der Waals surface area (Å²) in [6.45, 7) is 2.32. The highest BCUT2D eigenvalue weighted by molar-refractivity contribution is 7.80. The van der Waals surface area contributed by atoms with Crippen molar-refractivity contribution in [3.63, 3.8) is 0 Å². The molecule has 190 valence electrons. The number of pyridine rings is 1. The molecule has 0 saturated carbocycles. The van der Waals surface area contributed by atoms with Gasteiger partial charge < -0.3 is 19.7 Å². The van der Waals surface area contributed by atoms with Crippen molar-refractivity contribution in [2.45, 2.75) is 25.9 Å². The molecule has 4 rings (SSSR count). The lowest BCUT2D eigenvalue weighted by atomic mass is 10.1. The first-order valence-electron chi connectivity index (χ1n) is 11.7. The average Bonchev–Trinajstić information content (AvgIpc) is 3.13. The number of nitrogens with one attached hydrogen (secondary N) is 1. The summed E-state index contributed by atoms with van der Waals surface area (Å²) in [5.41, 5.74) is 2.32. The van der Waals surface area contributed by atoms with Crippen LogP contribution in [-0.2, 0) is 20.9 Å². The third-order valence-corrected chi connectivity index (χ3v) is 6.20. The predicted molar refractivity (Wildman–Crippen MR) is 142 cm³/mol. The molecule has 9 nitrogen and oxygen atoms in total. The summed E-state index contributed by atoms with van der Waals surface area (Å²) < 4.78 is 10.2. The first kappa shape index (κ1) is 25.8. The van der Waals surface area contributed by atoms with Crippen LogP contribution < -0.4 is 15.0 Å². The summed E-state index contributed by atoms with van der Waals surface area (Å²) in [4.78, 5) is 45.7. The average molecular weight is 519 g/mol. The van der Waals surface area contributed by atoms with Gasteiger partial charge in [-0.3, -0.25) is 19.5 Å². The van der Waals surface area contributed by atoms with E-state index in [0.29, 0.717) is 34.3 Å². The molecule has 0 aliphatic carbocycles. The number of benzene rings is 2. The summed E-state index contributed by atoms with van der Waals surface area (Å²) >= 11 is 5.71. The van der Waals surface area contributed by atoms with Crippen molar-refractivity contribution in [2.24, 2.45) is 0 Å². The minimum Gasteiger partial charge on any atom is -0.497 e. The molecule has 2 heterocycles. The maximum absolute atomic E-state index is 13.6. The molecule has 2 aromatic carbocycles. The van der Waals surface area contributed by atoms with Crippen molar-refractivity contribution >= 4 is 46.5 Å². The molecule has 1 aromatic heterocycles. The Morgan fingerprint density at radius 3 is 2.43 bits per heavy atom. The Morgan fingerprint density at radius 1 is 1.08 bits per heavy atom. The van der Waals surface area contributed by atoms with Gasteiger partial charge in [-0.15, -0.1) is 0 Å². The SMILES string of the molecule is CCOC(=O)c1ccc(NC(=O)CC2C(=O)N(c3ccc(OC)cc3)C(=S)N2Cc2cccnc2)cc1. The number of aromatic nitrogens is 1. The van der Waals surface area contributed by atoms with Crippen LogP contribution in [0.5, 0.6) is 5.75 Å². The number of anilines is 2. The molecule has 2 amide bonds. The largest absolute Gasteiger partial charge is 0.497 e. The van der Waals surface area contributed by atoms with Gasteiger partial charge in [0.05, 0.1) is 31.4 Å². The van der Waals surface area contributed by atoms with E-state index in [9.17, 15) is 14.4 Å². The smallest absolute Gasteiger partial charge is 0.338 e. The minimum absolute atomic E-state index is 0.120. The molecule has 1 aliphatic rings. The molecule has 1 saturated heterocycles. The highest BCUT2D eigenvalue weighted by Crippen LogP contribution is 2.30. The van der Waals surface area contributed by atoms with E-state index in [2.05, 4.69) is 10.3 Å². The summed E-state index contributed by atoms with van der Waals surface area (Å²) in [6, 6.07) is 16.2. The van der Waals surface area contributed by atoms with Crippen LogP contribution >= 0.6 is 12.2 Å². The van der Waals surface area contributed by atoms with Crippen LogP contribution in [0.2, 0.25) is 0 Å². The molecule has 10 heteroatoms. The third kappa shape index (κ3) is 5.92. The van der Waals surface area contributed by atoms with Gasteiger partial charge in [0, 0.05) is 24.6 Å². The maximum atomic E-state index is 13.6. The molecular formula is C27H26N4O5S. The van der Waals surface area contributed by atoms with Crippen LogP contribution in [0.25, 0.3) is 0 Å². The summed E-state index contributed by atoms with van der Waals surface area (Å²) in [6.07, 6.45) is 3.25. The van der Waals surface area contributed by atoms with Crippen molar-refractivity contribution in [1.82, 2.24) is 9.88 Å². The van der Waals surface area contributed by atoms with Crippen LogP contribution in [0.15, 0.2) is 73.1 Å². The van der Waals surface area contributed by atoms with E-state index in [1.165, 1.54) is 4.90 Å². The number of ether oxygens (including phenoxy) is 2. The normalized spacial score (nSPS) is 15.0. The van der Waals surface area contributed by atoms with E-state index in [4.69, 9.17) is 21.7 Å². The van der Waals surface area contributed by atoms with E-state index < -0.39 is 12.0 Å². The Bertz CT molecular complexity index is 1280. The monoisotopic (exact) mass is 518 g/mol. The Labute approximate surface area is 220 Å². The zero-order valence-corrected chi connectivity index (χ0v) is 21.2. The van der Waals surface area contributed by atoms with Crippen LogP contribution in [0.4, 0.5) is 11.4 Å². The van der Waals surface area contributed by atoms with Crippen molar-refractivity contribution < 1.29 is 23.9 Å². The number of rotatable bonds is 9. The van der Waals surface area contributed by atoms with E-state index in [0.717, 1.165) is 5.56 Å². The van der Waals surface area contributed by atoms with Gasteiger partial charge in [-0.25, -0.2) is 4.79 Å². The number of thiocarbonyl (C=S) groups is 1. The second-order valence-corrected chi connectivity index (χ2v) is 8.57. The molecule has 1 atom stereocenters. The van der Waals surface area contributed by atoms with Crippen LogP contribution in [0.3, 0.4) is 0 Å². The van der Waals surface area contributed by atoms with Crippen molar-refractivity contribution in [3.8, 4) is 5.75 Å². The number of amides is 2. The fraction of sp³-hybridized carbons (Fsp3) is 0.222. The van der Waals surface area contributed by atoms with E-state index >= 15 is 0 Å². The number of methoxy groups -OCH3 is 1. The topological polar surface area (TPSA) is 101 Å². The van der Waals surface area contributed by atoms with E-state index in [-0.39, 0.29) is 24.8 Å². The van der Waals surface area contributed by atoms with Gasteiger partial charge in [0.15, 0.2) is 5.11 Å². The van der Waals surface area contributed by atoms with Gasteiger partial charge in [0.2, 0.25) is 5.91 Å². The highest BCUT2D eigenvalue weighted by atomic mass is 32.1. The molecular weight excluding hydrogens is 492 g/mol. The molecule has 1 N–H and O–H groups in total. The lowest BCUT2D eigenvalue weighted by Crippen LogP contribution is -2.37. The van der Waals surface area contributed by atoms with E-state index in [1.54, 1.807) is 85.9 Å². The van der Waals surface area contributed by atoms with Crippen molar-refractivity contribution in [1.29, 1.82) is 0 Å². The molecule has 1 fully saturated rings. The van der Waals surface area contributed by atoms with Crippen LogP contribution in [-0.4, -0.2) is 52.5 Å². The molecule has 1 unspecified atom stereocenters. The Morgan fingerprint density at radius 2 is 1.81 bits per heavy atom. The second kappa shape index (κ2) is 11.6. The lowest BCUT2D eigenvalue weighted by molar-refractivity contribution is -0.124.